The molecule has 0 aliphatic carbocycles. The van der Waals surface area contributed by atoms with E-state index >= 15 is 0 Å². The number of anilines is 1. The Morgan fingerprint density at radius 2 is 1.74 bits per heavy atom. The van der Waals surface area contributed by atoms with E-state index in [0.29, 0.717) is 48.7 Å². The zero-order valence-electron chi connectivity index (χ0n) is 24.6. The van der Waals surface area contributed by atoms with Crippen LogP contribution in [0.25, 0.3) is 21.2 Å². The summed E-state index contributed by atoms with van der Waals surface area (Å²) in [6.45, 7) is 7.06. The van der Waals surface area contributed by atoms with Crippen molar-refractivity contribution in [3.05, 3.63) is 74.8 Å². The van der Waals surface area contributed by atoms with Crippen molar-refractivity contribution in [3.63, 3.8) is 0 Å². The molecule has 0 atom stereocenters. The molecule has 1 aliphatic heterocycles. The maximum absolute atomic E-state index is 14.4. The van der Waals surface area contributed by atoms with Crippen LogP contribution in [0.1, 0.15) is 47.5 Å². The van der Waals surface area contributed by atoms with E-state index in [2.05, 4.69) is 4.72 Å². The fourth-order valence-electron chi connectivity index (χ4n) is 5.20. The van der Waals surface area contributed by atoms with Gasteiger partial charge in [0.2, 0.25) is 10.0 Å². The molecule has 0 radical (unpaired) electrons. The summed E-state index contributed by atoms with van der Waals surface area (Å²) >= 11 is 1.07. The van der Waals surface area contributed by atoms with Crippen molar-refractivity contribution in [2.75, 3.05) is 23.6 Å². The molecule has 0 bridgehead atoms. The topological polar surface area (TPSA) is 97.7 Å². The second-order valence-electron chi connectivity index (χ2n) is 11.2. The second-order valence-corrected chi connectivity index (χ2v) is 14.3. The number of piperidine rings is 1. The van der Waals surface area contributed by atoms with Gasteiger partial charge in [-0.2, -0.15) is 0 Å². The second kappa shape index (κ2) is 11.4. The van der Waals surface area contributed by atoms with Gasteiger partial charge >= 0.3 is 0 Å². The Kier molecular flexibility index (Phi) is 8.12. The number of sulfonamides is 1. The van der Waals surface area contributed by atoms with Crippen molar-refractivity contribution in [2.24, 2.45) is 7.05 Å². The monoisotopic (exact) mass is 629 g/mol. The van der Waals surface area contributed by atoms with Crippen LogP contribution < -0.4 is 15.0 Å². The summed E-state index contributed by atoms with van der Waals surface area (Å²) in [4.78, 5) is 28.6. The van der Waals surface area contributed by atoms with E-state index in [1.165, 1.54) is 30.5 Å². The lowest BCUT2D eigenvalue weighted by molar-refractivity contribution is 0.0508. The number of pyridine rings is 1. The van der Waals surface area contributed by atoms with Crippen LogP contribution in [0.3, 0.4) is 0 Å². The third-order valence-corrected chi connectivity index (χ3v) is 10.1. The van der Waals surface area contributed by atoms with Gasteiger partial charge in [0.25, 0.3) is 11.5 Å². The van der Waals surface area contributed by atoms with Crippen molar-refractivity contribution >= 4 is 43.0 Å². The zero-order chi connectivity index (χ0) is 31.3. The Labute approximate surface area is 253 Å². The van der Waals surface area contributed by atoms with Crippen molar-refractivity contribution < 1.29 is 26.7 Å². The Bertz CT molecular complexity index is 1880. The van der Waals surface area contributed by atoms with E-state index < -0.39 is 21.5 Å². The molecule has 43 heavy (non-hydrogen) atoms. The molecule has 2 aromatic carbocycles. The van der Waals surface area contributed by atoms with Crippen LogP contribution in [-0.4, -0.2) is 48.3 Å². The highest BCUT2D eigenvalue weighted by Gasteiger charge is 2.32. The normalized spacial score (nSPS) is 15.1. The van der Waals surface area contributed by atoms with Crippen LogP contribution in [-0.2, 0) is 17.1 Å². The summed E-state index contributed by atoms with van der Waals surface area (Å²) in [6.07, 6.45) is 2.09. The smallest absolute Gasteiger partial charge is 0.268 e. The maximum atomic E-state index is 14.4. The number of alkyl halides is 1. The largest absolute Gasteiger partial charge is 0.456 e. The number of halogens is 2. The first kappa shape index (κ1) is 30.7. The number of carbonyl (C=O) groups is 1. The van der Waals surface area contributed by atoms with Gasteiger partial charge in [-0.3, -0.25) is 14.3 Å². The van der Waals surface area contributed by atoms with Gasteiger partial charge in [0.15, 0.2) is 0 Å². The number of amides is 1. The number of fused-ring (bicyclic) bond motifs is 1. The van der Waals surface area contributed by atoms with E-state index in [1.807, 2.05) is 0 Å². The standard InChI is InChI=1S/C31H33F2N3O5S2/c1-6-43(39,40)34-21-7-8-25(41-27-18(2)13-20(32)14-19(27)3)22(15-21)24-17-35(5)30(38)28-23(24)16-26(42-28)29(37)36-11-9-31(4,33)10-12-36/h7-8,13-17,34H,6,9-12H2,1-5H3. The number of aromatic nitrogens is 1. The molecule has 0 unspecified atom stereocenters. The molecule has 12 heteroatoms. The zero-order valence-corrected chi connectivity index (χ0v) is 26.2. The summed E-state index contributed by atoms with van der Waals surface area (Å²) in [6, 6.07) is 9.17. The van der Waals surface area contributed by atoms with Gasteiger partial charge in [0.1, 0.15) is 27.7 Å². The number of thiophene rings is 1. The first-order valence-electron chi connectivity index (χ1n) is 13.9. The van der Waals surface area contributed by atoms with E-state index in [1.54, 1.807) is 56.3 Å². The fourth-order valence-corrected chi connectivity index (χ4v) is 6.95. The van der Waals surface area contributed by atoms with Gasteiger partial charge in [-0.05, 0) is 88.1 Å². The molecule has 2 aromatic heterocycles. The Morgan fingerprint density at radius 1 is 1.09 bits per heavy atom. The maximum Gasteiger partial charge on any atom is 0.268 e. The molecule has 1 N–H and O–H groups in total. The summed E-state index contributed by atoms with van der Waals surface area (Å²) < 4.78 is 63.9. The predicted octanol–water partition coefficient (Wildman–Crippen LogP) is 6.54. The molecule has 3 heterocycles. The lowest BCUT2D eigenvalue weighted by Gasteiger charge is -2.33. The van der Waals surface area contributed by atoms with Crippen LogP contribution in [0, 0.1) is 19.7 Å². The van der Waals surface area contributed by atoms with E-state index in [-0.39, 0.29) is 48.8 Å². The third kappa shape index (κ3) is 6.30. The SMILES string of the molecule is CCS(=O)(=O)Nc1ccc(Oc2c(C)cc(F)cc2C)c(-c2cn(C)c(=O)c3sc(C(=O)N4CCC(C)(F)CC4)cc23)c1. The number of hydrogen-bond donors (Lipinski definition) is 1. The number of nitrogens with one attached hydrogen (secondary N) is 1. The van der Waals surface area contributed by atoms with Gasteiger partial charge < -0.3 is 14.2 Å². The number of hydrogen-bond acceptors (Lipinski definition) is 6. The minimum Gasteiger partial charge on any atom is -0.456 e. The van der Waals surface area contributed by atoms with Crippen LogP contribution in [0.5, 0.6) is 11.5 Å². The van der Waals surface area contributed by atoms with E-state index in [9.17, 15) is 26.8 Å². The highest BCUT2D eigenvalue weighted by Crippen LogP contribution is 2.42. The summed E-state index contributed by atoms with van der Waals surface area (Å²) in [7, 11) is -2.01. The molecular formula is C31H33F2N3O5S2. The van der Waals surface area contributed by atoms with Crippen molar-refractivity contribution in [1.82, 2.24) is 9.47 Å². The van der Waals surface area contributed by atoms with E-state index in [4.69, 9.17) is 4.74 Å². The molecule has 8 nitrogen and oxygen atoms in total. The average molecular weight is 630 g/mol. The quantitative estimate of drug-likeness (QED) is 0.250. The number of aryl methyl sites for hydroxylation is 3. The van der Waals surface area contributed by atoms with Gasteiger partial charge in [0, 0.05) is 48.5 Å². The highest BCUT2D eigenvalue weighted by molar-refractivity contribution is 7.92. The number of likely N-dealkylation sites (tertiary alicyclic amines) is 1. The molecule has 1 amide bonds. The molecular weight excluding hydrogens is 596 g/mol. The minimum absolute atomic E-state index is 0.132. The van der Waals surface area contributed by atoms with Crippen molar-refractivity contribution in [2.45, 2.75) is 46.2 Å². The van der Waals surface area contributed by atoms with Crippen molar-refractivity contribution in [1.29, 1.82) is 0 Å². The molecule has 1 fully saturated rings. The molecule has 4 aromatic rings. The summed E-state index contributed by atoms with van der Waals surface area (Å²) in [5.41, 5.74) is 0.803. The first-order chi connectivity index (χ1) is 20.2. The van der Waals surface area contributed by atoms with Crippen molar-refractivity contribution in [3.8, 4) is 22.6 Å². The number of rotatable bonds is 7. The van der Waals surface area contributed by atoms with Gasteiger partial charge in [-0.1, -0.05) is 0 Å². The molecule has 1 aliphatic rings. The number of nitrogens with zero attached hydrogens (tertiary/aromatic N) is 2. The lowest BCUT2D eigenvalue weighted by Crippen LogP contribution is -2.43. The van der Waals surface area contributed by atoms with Gasteiger partial charge in [-0.25, -0.2) is 17.2 Å². The molecule has 228 valence electrons. The third-order valence-electron chi connectivity index (χ3n) is 7.72. The number of carbonyl (C=O) groups excluding carboxylic acids is 1. The Balaban J connectivity index is 1.67. The minimum atomic E-state index is -3.61. The molecule has 0 spiro atoms. The van der Waals surface area contributed by atoms with Crippen LogP contribution in [0.2, 0.25) is 0 Å². The van der Waals surface area contributed by atoms with Crippen LogP contribution >= 0.6 is 11.3 Å². The number of ether oxygens (including phenoxy) is 1. The predicted molar refractivity (Wildman–Crippen MR) is 166 cm³/mol. The highest BCUT2D eigenvalue weighted by atomic mass is 32.2. The molecule has 0 saturated carbocycles. The van der Waals surface area contributed by atoms with Gasteiger partial charge in [-0.15, -0.1) is 11.3 Å². The number of benzene rings is 2. The Morgan fingerprint density at radius 3 is 2.37 bits per heavy atom. The fraction of sp³-hybridized carbons (Fsp3) is 0.355. The van der Waals surface area contributed by atoms with E-state index in [0.717, 1.165) is 11.3 Å². The summed E-state index contributed by atoms with van der Waals surface area (Å²) in [5, 5.41) is 0.497. The average Bonchev–Trinajstić information content (AvgIpc) is 3.39. The first-order valence-corrected chi connectivity index (χ1v) is 16.4. The Hall–Kier alpha value is -3.77. The van der Waals surface area contributed by atoms with Crippen LogP contribution in [0.4, 0.5) is 14.5 Å². The summed E-state index contributed by atoms with van der Waals surface area (Å²) in [5.74, 6) is -0.0198. The van der Waals surface area contributed by atoms with Crippen LogP contribution in [0.15, 0.2) is 47.4 Å². The lowest BCUT2D eigenvalue weighted by atomic mass is 9.95. The van der Waals surface area contributed by atoms with Gasteiger partial charge in [0.05, 0.1) is 10.6 Å². The molecule has 1 saturated heterocycles. The molecule has 5 rings (SSSR count).